The molecule has 0 bridgehead atoms. The van der Waals surface area contributed by atoms with Crippen LogP contribution in [-0.2, 0) is 11.2 Å². The predicted octanol–water partition coefficient (Wildman–Crippen LogP) is 2.54. The molecule has 0 aromatic heterocycles. The fourth-order valence-corrected chi connectivity index (χ4v) is 1.45. The molecule has 0 saturated heterocycles. The molecule has 1 amide bonds. The van der Waals surface area contributed by atoms with Crippen molar-refractivity contribution >= 4 is 12.0 Å². The maximum atomic E-state index is 13.1. The maximum Gasteiger partial charge on any atom is 0.224 e. The normalized spacial score (nSPS) is 10.2. The third-order valence-corrected chi connectivity index (χ3v) is 2.03. The average molecular weight is 221 g/mol. The summed E-state index contributed by atoms with van der Waals surface area (Å²) in [5, 5.41) is 2.76. The zero-order chi connectivity index (χ0) is 12.1. The Balaban J connectivity index is 2.77. The number of rotatable bonds is 4. The van der Waals surface area contributed by atoms with Gasteiger partial charge in [-0.3, -0.25) is 4.79 Å². The van der Waals surface area contributed by atoms with Gasteiger partial charge in [0, 0.05) is 6.04 Å². The van der Waals surface area contributed by atoms with Crippen molar-refractivity contribution in [1.82, 2.24) is 5.32 Å². The summed E-state index contributed by atoms with van der Waals surface area (Å²) in [6.45, 7) is 7.35. The standard InChI is InChI=1S/C13H16FNO/c1-4-10-5-11(7-12(14)6-10)8-13(16)15-9(2)3/h4-7,9H,1,8H2,2-3H3,(H,15,16). The molecule has 1 rings (SSSR count). The summed E-state index contributed by atoms with van der Waals surface area (Å²) >= 11 is 0. The zero-order valence-electron chi connectivity index (χ0n) is 9.59. The third kappa shape index (κ3) is 3.85. The average Bonchev–Trinajstić information content (AvgIpc) is 2.14. The highest BCUT2D eigenvalue weighted by Gasteiger charge is 2.06. The molecule has 1 aromatic rings. The smallest absolute Gasteiger partial charge is 0.224 e. The second-order valence-corrected chi connectivity index (χ2v) is 4.00. The molecular weight excluding hydrogens is 205 g/mol. The first-order valence-electron chi connectivity index (χ1n) is 5.22. The van der Waals surface area contributed by atoms with Gasteiger partial charge in [0.2, 0.25) is 5.91 Å². The van der Waals surface area contributed by atoms with Crippen molar-refractivity contribution in [3.8, 4) is 0 Å². The molecule has 0 saturated carbocycles. The monoisotopic (exact) mass is 221 g/mol. The van der Waals surface area contributed by atoms with Crippen LogP contribution in [0.2, 0.25) is 0 Å². The number of hydrogen-bond acceptors (Lipinski definition) is 1. The van der Waals surface area contributed by atoms with Crippen LogP contribution in [-0.4, -0.2) is 11.9 Å². The SMILES string of the molecule is C=Cc1cc(F)cc(CC(=O)NC(C)C)c1. The summed E-state index contributed by atoms with van der Waals surface area (Å²) in [5.74, 6) is -0.444. The van der Waals surface area contributed by atoms with Crippen LogP contribution >= 0.6 is 0 Å². The van der Waals surface area contributed by atoms with Crippen molar-refractivity contribution < 1.29 is 9.18 Å². The van der Waals surface area contributed by atoms with Gasteiger partial charge in [-0.25, -0.2) is 4.39 Å². The minimum absolute atomic E-state index is 0.0972. The Morgan fingerprint density at radius 1 is 1.50 bits per heavy atom. The van der Waals surface area contributed by atoms with Crippen molar-refractivity contribution in [2.45, 2.75) is 26.3 Å². The Bertz CT molecular complexity index is 399. The Morgan fingerprint density at radius 3 is 2.75 bits per heavy atom. The molecular formula is C13H16FNO. The first-order chi connectivity index (χ1) is 7.51. The topological polar surface area (TPSA) is 29.1 Å². The summed E-state index contributed by atoms with van der Waals surface area (Å²) in [4.78, 5) is 11.5. The van der Waals surface area contributed by atoms with Crippen molar-refractivity contribution in [3.05, 3.63) is 41.7 Å². The van der Waals surface area contributed by atoms with E-state index in [-0.39, 0.29) is 24.2 Å². The van der Waals surface area contributed by atoms with Crippen LogP contribution in [0.3, 0.4) is 0 Å². The van der Waals surface area contributed by atoms with Crippen LogP contribution in [0.15, 0.2) is 24.8 Å². The molecule has 2 nitrogen and oxygen atoms in total. The van der Waals surface area contributed by atoms with Gasteiger partial charge in [-0.1, -0.05) is 18.7 Å². The number of carbonyl (C=O) groups excluding carboxylic acids is 1. The molecule has 0 heterocycles. The molecule has 0 atom stereocenters. The molecule has 3 heteroatoms. The molecule has 1 N–H and O–H groups in total. The van der Waals surface area contributed by atoms with Crippen molar-refractivity contribution in [3.63, 3.8) is 0 Å². The Hall–Kier alpha value is -1.64. The van der Waals surface area contributed by atoms with E-state index >= 15 is 0 Å². The first kappa shape index (κ1) is 12.4. The van der Waals surface area contributed by atoms with Crippen molar-refractivity contribution in [2.75, 3.05) is 0 Å². The minimum atomic E-state index is -0.343. The van der Waals surface area contributed by atoms with Gasteiger partial charge in [-0.2, -0.15) is 0 Å². The molecule has 0 unspecified atom stereocenters. The van der Waals surface area contributed by atoms with E-state index in [1.54, 1.807) is 12.1 Å². The Kier molecular flexibility index (Phi) is 4.23. The number of carbonyl (C=O) groups is 1. The summed E-state index contributed by atoms with van der Waals surface area (Å²) in [6, 6.07) is 4.61. The molecule has 0 radical (unpaired) electrons. The van der Waals surface area contributed by atoms with Crippen LogP contribution in [0.5, 0.6) is 0 Å². The molecule has 86 valence electrons. The predicted molar refractivity (Wildman–Crippen MR) is 63.5 cm³/mol. The molecule has 1 aromatic carbocycles. The van der Waals surface area contributed by atoms with E-state index < -0.39 is 0 Å². The third-order valence-electron chi connectivity index (χ3n) is 2.03. The number of benzene rings is 1. The van der Waals surface area contributed by atoms with Crippen LogP contribution in [0.25, 0.3) is 6.08 Å². The zero-order valence-corrected chi connectivity index (χ0v) is 9.59. The summed E-state index contributed by atoms with van der Waals surface area (Å²) in [7, 11) is 0. The van der Waals surface area contributed by atoms with Crippen LogP contribution < -0.4 is 5.32 Å². The lowest BCUT2D eigenvalue weighted by Gasteiger charge is -2.08. The van der Waals surface area contributed by atoms with E-state index in [1.807, 2.05) is 13.8 Å². The van der Waals surface area contributed by atoms with Crippen LogP contribution in [0.4, 0.5) is 4.39 Å². The van der Waals surface area contributed by atoms with Gasteiger partial charge < -0.3 is 5.32 Å². The number of nitrogens with one attached hydrogen (secondary N) is 1. The summed E-state index contributed by atoms with van der Waals surface area (Å²) < 4.78 is 13.1. The quantitative estimate of drug-likeness (QED) is 0.831. The fraction of sp³-hybridized carbons (Fsp3) is 0.308. The molecule has 0 aliphatic heterocycles. The lowest BCUT2D eigenvalue weighted by molar-refractivity contribution is -0.120. The first-order valence-corrected chi connectivity index (χ1v) is 5.22. The van der Waals surface area contributed by atoms with Crippen molar-refractivity contribution in [2.24, 2.45) is 0 Å². The molecule has 0 spiro atoms. The fourth-order valence-electron chi connectivity index (χ4n) is 1.45. The molecule has 16 heavy (non-hydrogen) atoms. The van der Waals surface area contributed by atoms with Gasteiger partial charge in [0.1, 0.15) is 5.82 Å². The van der Waals surface area contributed by atoms with Gasteiger partial charge in [0.05, 0.1) is 6.42 Å². The highest BCUT2D eigenvalue weighted by molar-refractivity contribution is 5.79. The molecule has 0 aliphatic carbocycles. The van der Waals surface area contributed by atoms with E-state index in [1.165, 1.54) is 12.1 Å². The van der Waals surface area contributed by atoms with Crippen molar-refractivity contribution in [1.29, 1.82) is 0 Å². The lowest BCUT2D eigenvalue weighted by Crippen LogP contribution is -2.31. The highest BCUT2D eigenvalue weighted by Crippen LogP contribution is 2.11. The van der Waals surface area contributed by atoms with Gasteiger partial charge in [-0.15, -0.1) is 0 Å². The highest BCUT2D eigenvalue weighted by atomic mass is 19.1. The van der Waals surface area contributed by atoms with Crippen LogP contribution in [0, 0.1) is 5.82 Å². The summed E-state index contributed by atoms with van der Waals surface area (Å²) in [6.07, 6.45) is 1.75. The molecule has 0 aliphatic rings. The lowest BCUT2D eigenvalue weighted by atomic mass is 10.1. The Labute approximate surface area is 95.2 Å². The van der Waals surface area contributed by atoms with E-state index in [4.69, 9.17) is 0 Å². The van der Waals surface area contributed by atoms with E-state index in [2.05, 4.69) is 11.9 Å². The summed E-state index contributed by atoms with van der Waals surface area (Å²) in [5.41, 5.74) is 1.35. The second-order valence-electron chi connectivity index (χ2n) is 4.00. The Morgan fingerprint density at radius 2 is 2.19 bits per heavy atom. The van der Waals surface area contributed by atoms with Crippen LogP contribution in [0.1, 0.15) is 25.0 Å². The van der Waals surface area contributed by atoms with Gasteiger partial charge >= 0.3 is 0 Å². The maximum absolute atomic E-state index is 13.1. The number of halogens is 1. The largest absolute Gasteiger partial charge is 0.354 e. The second kappa shape index (κ2) is 5.45. The van der Waals surface area contributed by atoms with Gasteiger partial charge in [-0.05, 0) is 37.1 Å². The number of hydrogen-bond donors (Lipinski definition) is 1. The molecule has 0 fully saturated rings. The van der Waals surface area contributed by atoms with E-state index in [0.717, 1.165) is 0 Å². The minimum Gasteiger partial charge on any atom is -0.354 e. The van der Waals surface area contributed by atoms with E-state index in [0.29, 0.717) is 11.1 Å². The van der Waals surface area contributed by atoms with Gasteiger partial charge in [0.15, 0.2) is 0 Å². The van der Waals surface area contributed by atoms with Gasteiger partial charge in [0.25, 0.3) is 0 Å². The van der Waals surface area contributed by atoms with E-state index in [9.17, 15) is 9.18 Å². The number of amides is 1.